The molecule has 2 aromatic heterocycles. The van der Waals surface area contributed by atoms with Crippen LogP contribution >= 0.6 is 11.8 Å². The second-order valence-electron chi connectivity index (χ2n) is 7.39. The van der Waals surface area contributed by atoms with Crippen LogP contribution in [0.4, 0.5) is 19.0 Å². The van der Waals surface area contributed by atoms with Gasteiger partial charge < -0.3 is 9.80 Å². The third-order valence-electron chi connectivity index (χ3n) is 4.96. The summed E-state index contributed by atoms with van der Waals surface area (Å²) >= 11 is 1.42. The number of aryl methyl sites for hydroxylation is 1. The van der Waals surface area contributed by atoms with E-state index in [4.69, 9.17) is 0 Å². The molecule has 3 rings (SSSR count). The van der Waals surface area contributed by atoms with E-state index < -0.39 is 11.7 Å². The molecule has 0 aliphatic carbocycles. The minimum absolute atomic E-state index is 0.118. The first-order valence-electron chi connectivity index (χ1n) is 9.61. The molecule has 6 nitrogen and oxygen atoms in total. The Morgan fingerprint density at radius 2 is 1.80 bits per heavy atom. The van der Waals surface area contributed by atoms with Crippen molar-refractivity contribution in [1.29, 1.82) is 0 Å². The zero-order valence-corrected chi connectivity index (χ0v) is 18.1. The van der Waals surface area contributed by atoms with Crippen molar-refractivity contribution < 1.29 is 18.0 Å². The van der Waals surface area contributed by atoms with Crippen LogP contribution in [0.15, 0.2) is 23.4 Å². The Labute approximate surface area is 177 Å². The summed E-state index contributed by atoms with van der Waals surface area (Å²) in [6.45, 7) is 7.71. The Morgan fingerprint density at radius 1 is 1.13 bits per heavy atom. The van der Waals surface area contributed by atoms with E-state index in [1.54, 1.807) is 4.90 Å². The first-order valence-corrected chi connectivity index (χ1v) is 10.8. The van der Waals surface area contributed by atoms with Gasteiger partial charge in [0.25, 0.3) is 5.91 Å². The van der Waals surface area contributed by atoms with Gasteiger partial charge >= 0.3 is 6.18 Å². The third-order valence-corrected chi connectivity index (χ3v) is 5.65. The van der Waals surface area contributed by atoms with Gasteiger partial charge in [-0.1, -0.05) is 13.8 Å². The molecule has 1 aliphatic heterocycles. The molecule has 0 aromatic carbocycles. The quantitative estimate of drug-likeness (QED) is 0.530. The Bertz CT molecular complexity index is 910. The number of piperazine rings is 1. The van der Waals surface area contributed by atoms with Crippen molar-refractivity contribution in [2.75, 3.05) is 37.3 Å². The average Bonchev–Trinajstić information content (AvgIpc) is 2.72. The van der Waals surface area contributed by atoms with Crippen molar-refractivity contribution in [1.82, 2.24) is 19.9 Å². The van der Waals surface area contributed by atoms with Gasteiger partial charge in [0.05, 0.1) is 16.8 Å². The molecule has 0 saturated carbocycles. The highest BCUT2D eigenvalue weighted by molar-refractivity contribution is 7.98. The highest BCUT2D eigenvalue weighted by Gasteiger charge is 2.31. The summed E-state index contributed by atoms with van der Waals surface area (Å²) in [6.07, 6.45) is -1.68. The van der Waals surface area contributed by atoms with Crippen LogP contribution in [0, 0.1) is 6.92 Å². The van der Waals surface area contributed by atoms with Crippen molar-refractivity contribution in [2.45, 2.75) is 37.9 Å². The minimum atomic E-state index is -4.41. The van der Waals surface area contributed by atoms with E-state index in [0.717, 1.165) is 12.3 Å². The number of aromatic nitrogens is 3. The van der Waals surface area contributed by atoms with Crippen molar-refractivity contribution in [2.24, 2.45) is 0 Å². The number of pyridine rings is 1. The zero-order valence-electron chi connectivity index (χ0n) is 17.3. The molecule has 0 bridgehead atoms. The fourth-order valence-corrected chi connectivity index (χ4v) is 3.88. The average molecular weight is 440 g/mol. The van der Waals surface area contributed by atoms with E-state index in [0.29, 0.717) is 54.1 Å². The molecule has 0 spiro atoms. The number of amides is 1. The number of hydrogen-bond acceptors (Lipinski definition) is 6. The lowest BCUT2D eigenvalue weighted by Gasteiger charge is -2.35. The van der Waals surface area contributed by atoms with Crippen molar-refractivity contribution in [3.63, 3.8) is 0 Å². The van der Waals surface area contributed by atoms with Gasteiger partial charge in [-0.05, 0) is 25.3 Å². The number of carbonyl (C=O) groups is 1. The summed E-state index contributed by atoms with van der Waals surface area (Å²) in [5, 5.41) is 0.669. The van der Waals surface area contributed by atoms with Crippen LogP contribution in [-0.2, 0) is 6.18 Å². The largest absolute Gasteiger partial charge is 0.417 e. The molecule has 162 valence electrons. The Hall–Kier alpha value is -2.36. The van der Waals surface area contributed by atoms with Crippen molar-refractivity contribution >= 4 is 23.5 Å². The van der Waals surface area contributed by atoms with Gasteiger partial charge in [-0.15, -0.1) is 11.8 Å². The van der Waals surface area contributed by atoms with Gasteiger partial charge in [-0.3, -0.25) is 4.79 Å². The van der Waals surface area contributed by atoms with E-state index in [1.807, 2.05) is 31.9 Å². The van der Waals surface area contributed by atoms with E-state index in [1.165, 1.54) is 17.8 Å². The number of hydrogen-bond donors (Lipinski definition) is 0. The molecule has 10 heteroatoms. The van der Waals surface area contributed by atoms with Crippen LogP contribution in [0.5, 0.6) is 0 Å². The molecule has 1 fully saturated rings. The molecule has 0 N–H and O–H groups in total. The Morgan fingerprint density at radius 3 is 2.30 bits per heavy atom. The molecule has 3 heterocycles. The number of nitrogens with zero attached hydrogens (tertiary/aromatic N) is 5. The van der Waals surface area contributed by atoms with Gasteiger partial charge in [0.15, 0.2) is 0 Å². The predicted octanol–water partition coefficient (Wildman–Crippen LogP) is 4.01. The summed E-state index contributed by atoms with van der Waals surface area (Å²) in [4.78, 5) is 29.8. The van der Waals surface area contributed by atoms with Crippen LogP contribution < -0.4 is 4.90 Å². The van der Waals surface area contributed by atoms with Gasteiger partial charge in [-0.2, -0.15) is 13.2 Å². The molecule has 30 heavy (non-hydrogen) atoms. The molecular formula is C20H24F3N5OS. The Kier molecular flexibility index (Phi) is 6.54. The molecular weight excluding hydrogens is 415 g/mol. The van der Waals surface area contributed by atoms with E-state index >= 15 is 0 Å². The number of thioether (sulfide) groups is 1. The SMILES string of the molecule is CSc1nc(C(C)C)nc(C)c1C(=O)N1CCN(c2ccc(C(F)(F)F)cn2)CC1. The standard InChI is InChI=1S/C20H24F3N5OS/c1-12(2)17-25-13(3)16(18(26-17)30-4)19(29)28-9-7-27(8-10-28)15-6-5-14(11-24-15)20(21,22)23/h5-6,11-12H,7-10H2,1-4H3. The van der Waals surface area contributed by atoms with Gasteiger partial charge in [0.1, 0.15) is 16.7 Å². The smallest absolute Gasteiger partial charge is 0.353 e. The molecule has 2 aromatic rings. The molecule has 1 saturated heterocycles. The molecule has 0 unspecified atom stereocenters. The van der Waals surface area contributed by atoms with Gasteiger partial charge in [0, 0.05) is 38.3 Å². The van der Waals surface area contributed by atoms with E-state index in [2.05, 4.69) is 15.0 Å². The fraction of sp³-hybridized carbons (Fsp3) is 0.500. The van der Waals surface area contributed by atoms with Crippen LogP contribution in [-0.4, -0.2) is 58.2 Å². The van der Waals surface area contributed by atoms with Crippen LogP contribution in [0.2, 0.25) is 0 Å². The highest BCUT2D eigenvalue weighted by Crippen LogP contribution is 2.30. The van der Waals surface area contributed by atoms with E-state index in [-0.39, 0.29) is 11.8 Å². The number of alkyl halides is 3. The van der Waals surface area contributed by atoms with Crippen LogP contribution in [0.25, 0.3) is 0 Å². The molecule has 0 atom stereocenters. The van der Waals surface area contributed by atoms with Crippen LogP contribution in [0.3, 0.4) is 0 Å². The lowest BCUT2D eigenvalue weighted by atomic mass is 10.1. The predicted molar refractivity (Wildman–Crippen MR) is 110 cm³/mol. The molecule has 1 amide bonds. The van der Waals surface area contributed by atoms with Crippen molar-refractivity contribution in [3.05, 3.63) is 41.0 Å². The summed E-state index contributed by atoms with van der Waals surface area (Å²) in [6, 6.07) is 2.40. The second kappa shape index (κ2) is 8.79. The van der Waals surface area contributed by atoms with Crippen molar-refractivity contribution in [3.8, 4) is 0 Å². The van der Waals surface area contributed by atoms with Crippen LogP contribution in [0.1, 0.15) is 47.2 Å². The monoisotopic (exact) mass is 439 g/mol. The number of anilines is 1. The normalized spacial score (nSPS) is 15.1. The summed E-state index contributed by atoms with van der Waals surface area (Å²) in [5.74, 6) is 1.23. The van der Waals surface area contributed by atoms with Gasteiger partial charge in [-0.25, -0.2) is 15.0 Å². The highest BCUT2D eigenvalue weighted by atomic mass is 32.2. The zero-order chi connectivity index (χ0) is 22.1. The van der Waals surface area contributed by atoms with Gasteiger partial charge in [0.2, 0.25) is 0 Å². The summed E-state index contributed by atoms with van der Waals surface area (Å²) < 4.78 is 38.2. The maximum Gasteiger partial charge on any atom is 0.417 e. The summed E-state index contributed by atoms with van der Waals surface area (Å²) in [7, 11) is 0. The maximum absolute atomic E-state index is 13.2. The lowest BCUT2D eigenvalue weighted by molar-refractivity contribution is -0.137. The first-order chi connectivity index (χ1) is 14.1. The van der Waals surface area contributed by atoms with E-state index in [9.17, 15) is 18.0 Å². The number of carbonyl (C=O) groups excluding carboxylic acids is 1. The third kappa shape index (κ3) is 4.69. The molecule has 0 radical (unpaired) electrons. The lowest BCUT2D eigenvalue weighted by Crippen LogP contribution is -2.49. The summed E-state index contributed by atoms with van der Waals surface area (Å²) in [5.41, 5.74) is 0.410. The number of rotatable bonds is 4. The fourth-order valence-electron chi connectivity index (χ4n) is 3.26. The maximum atomic E-state index is 13.2. The second-order valence-corrected chi connectivity index (χ2v) is 8.18. The topological polar surface area (TPSA) is 62.2 Å². The minimum Gasteiger partial charge on any atom is -0.353 e. The Balaban J connectivity index is 1.71. The first kappa shape index (κ1) is 22.3. The number of halogens is 3. The molecule has 1 aliphatic rings.